The van der Waals surface area contributed by atoms with Gasteiger partial charge in [-0.25, -0.2) is 0 Å². The summed E-state index contributed by atoms with van der Waals surface area (Å²) in [6.07, 6.45) is 2.09. The predicted molar refractivity (Wildman–Crippen MR) is 103 cm³/mol. The molecule has 2 atom stereocenters. The molecule has 0 bridgehead atoms. The molecule has 128 valence electrons. The van der Waals surface area contributed by atoms with Gasteiger partial charge in [0.2, 0.25) is 0 Å². The Morgan fingerprint density at radius 1 is 1.12 bits per heavy atom. The minimum atomic E-state index is -0.994. The summed E-state index contributed by atoms with van der Waals surface area (Å²) in [6, 6.07) is 18.4. The average Bonchev–Trinajstić information content (AvgIpc) is 2.54. The molecule has 0 aliphatic rings. The molecule has 2 aromatic carbocycles. The van der Waals surface area contributed by atoms with Gasteiger partial charge in [-0.3, -0.25) is 0 Å². The summed E-state index contributed by atoms with van der Waals surface area (Å²) in [4.78, 5) is 2.13. The smallest absolute Gasteiger partial charge is 0.114 e. The maximum atomic E-state index is 11.8. The Morgan fingerprint density at radius 3 is 2.38 bits per heavy atom. The van der Waals surface area contributed by atoms with Crippen LogP contribution in [-0.2, 0) is 5.60 Å². The fraction of sp³-hybridized carbons (Fsp3) is 0.364. The zero-order chi connectivity index (χ0) is 17.7. The second kappa shape index (κ2) is 7.78. The topological polar surface area (TPSA) is 23.5 Å². The molecule has 0 aromatic heterocycles. The van der Waals surface area contributed by atoms with Crippen LogP contribution in [0, 0.1) is 12.8 Å². The van der Waals surface area contributed by atoms with E-state index in [2.05, 4.69) is 49.1 Å². The zero-order valence-corrected chi connectivity index (χ0v) is 15.5. The third-order valence-corrected chi connectivity index (χ3v) is 4.59. The van der Waals surface area contributed by atoms with Gasteiger partial charge < -0.3 is 10.0 Å². The summed E-state index contributed by atoms with van der Waals surface area (Å²) in [5.74, 6) is 0.0641. The molecule has 2 unspecified atom stereocenters. The van der Waals surface area contributed by atoms with Crippen LogP contribution in [0.15, 0.2) is 60.2 Å². The molecular weight excluding hydrogens is 294 g/mol. The molecule has 0 radical (unpaired) electrons. The van der Waals surface area contributed by atoms with Gasteiger partial charge in [0.15, 0.2) is 0 Å². The minimum absolute atomic E-state index is 0.0641. The lowest BCUT2D eigenvalue weighted by atomic mass is 9.76. The van der Waals surface area contributed by atoms with Crippen molar-refractivity contribution in [2.45, 2.75) is 26.4 Å². The van der Waals surface area contributed by atoms with Crippen LogP contribution in [0.3, 0.4) is 0 Å². The van der Waals surface area contributed by atoms with Crippen LogP contribution in [0.2, 0.25) is 0 Å². The first-order chi connectivity index (χ1) is 11.3. The van der Waals surface area contributed by atoms with E-state index in [1.807, 2.05) is 51.4 Å². The van der Waals surface area contributed by atoms with E-state index in [0.717, 1.165) is 28.8 Å². The van der Waals surface area contributed by atoms with Gasteiger partial charge in [-0.1, -0.05) is 73.2 Å². The molecule has 2 heteroatoms. The van der Waals surface area contributed by atoms with Crippen molar-refractivity contribution in [3.8, 4) is 0 Å². The highest BCUT2D eigenvalue weighted by atomic mass is 16.3. The van der Waals surface area contributed by atoms with Crippen molar-refractivity contribution in [3.05, 3.63) is 76.9 Å². The SMILES string of the molecule is CC(=Cc1ccccc1)C(O)(c1cccc(C)c1)C(C)CN(C)C. The van der Waals surface area contributed by atoms with Crippen LogP contribution < -0.4 is 0 Å². The Balaban J connectivity index is 2.52. The Kier molecular flexibility index (Phi) is 5.98. The summed E-state index contributed by atoms with van der Waals surface area (Å²) < 4.78 is 0. The number of nitrogens with zero attached hydrogens (tertiary/aromatic N) is 1. The van der Waals surface area contributed by atoms with Gasteiger partial charge in [0.1, 0.15) is 5.60 Å². The average molecular weight is 323 g/mol. The van der Waals surface area contributed by atoms with E-state index in [1.54, 1.807) is 0 Å². The summed E-state index contributed by atoms with van der Waals surface area (Å²) in [6.45, 7) is 7.02. The van der Waals surface area contributed by atoms with Gasteiger partial charge in [0.05, 0.1) is 0 Å². The molecule has 0 saturated carbocycles. The fourth-order valence-corrected chi connectivity index (χ4v) is 3.37. The lowest BCUT2D eigenvalue weighted by Gasteiger charge is -2.37. The Labute approximate surface area is 146 Å². The summed E-state index contributed by atoms with van der Waals surface area (Å²) >= 11 is 0. The van der Waals surface area contributed by atoms with Gasteiger partial charge in [0.25, 0.3) is 0 Å². The van der Waals surface area contributed by atoms with Crippen LogP contribution in [0.5, 0.6) is 0 Å². The van der Waals surface area contributed by atoms with Crippen molar-refractivity contribution >= 4 is 6.08 Å². The van der Waals surface area contributed by atoms with Crippen LogP contribution in [0.1, 0.15) is 30.5 Å². The Hall–Kier alpha value is -1.90. The van der Waals surface area contributed by atoms with Crippen LogP contribution >= 0.6 is 0 Å². The fourth-order valence-electron chi connectivity index (χ4n) is 3.37. The van der Waals surface area contributed by atoms with Crippen molar-refractivity contribution in [2.75, 3.05) is 20.6 Å². The van der Waals surface area contributed by atoms with Gasteiger partial charge in [-0.2, -0.15) is 0 Å². The Bertz CT molecular complexity index is 690. The standard InChI is InChI=1S/C22H29NO/c1-17-10-9-13-21(14-17)22(24,19(3)16-23(4)5)18(2)15-20-11-7-6-8-12-20/h6-15,19,24H,16H2,1-5H3. The third-order valence-electron chi connectivity index (χ3n) is 4.59. The van der Waals surface area contributed by atoms with Gasteiger partial charge in [0, 0.05) is 12.5 Å². The summed E-state index contributed by atoms with van der Waals surface area (Å²) in [5, 5.41) is 11.8. The molecular formula is C22H29NO. The van der Waals surface area contributed by atoms with Crippen molar-refractivity contribution in [1.29, 1.82) is 0 Å². The molecule has 0 saturated heterocycles. The first kappa shape index (κ1) is 18.4. The molecule has 0 fully saturated rings. The zero-order valence-electron chi connectivity index (χ0n) is 15.5. The summed E-state index contributed by atoms with van der Waals surface area (Å²) in [7, 11) is 4.09. The number of aryl methyl sites for hydroxylation is 1. The molecule has 0 heterocycles. The van der Waals surface area contributed by atoms with Gasteiger partial charge >= 0.3 is 0 Å². The lowest BCUT2D eigenvalue weighted by molar-refractivity contribution is 0.0105. The number of hydrogen-bond acceptors (Lipinski definition) is 2. The van der Waals surface area contributed by atoms with Gasteiger partial charge in [-0.05, 0) is 44.6 Å². The van der Waals surface area contributed by atoms with Crippen LogP contribution in [0.25, 0.3) is 6.08 Å². The molecule has 0 aliphatic carbocycles. The molecule has 2 aromatic rings. The van der Waals surface area contributed by atoms with Crippen molar-refractivity contribution in [1.82, 2.24) is 4.90 Å². The minimum Gasteiger partial charge on any atom is -0.380 e. The molecule has 0 spiro atoms. The van der Waals surface area contributed by atoms with E-state index in [-0.39, 0.29) is 5.92 Å². The van der Waals surface area contributed by atoms with E-state index in [0.29, 0.717) is 0 Å². The molecule has 1 N–H and O–H groups in total. The first-order valence-corrected chi connectivity index (χ1v) is 8.52. The highest BCUT2D eigenvalue weighted by molar-refractivity contribution is 5.56. The van der Waals surface area contributed by atoms with E-state index in [4.69, 9.17) is 0 Å². The van der Waals surface area contributed by atoms with Crippen molar-refractivity contribution in [3.63, 3.8) is 0 Å². The lowest BCUT2D eigenvalue weighted by Crippen LogP contribution is -2.40. The van der Waals surface area contributed by atoms with E-state index in [9.17, 15) is 5.11 Å². The highest BCUT2D eigenvalue weighted by Gasteiger charge is 2.37. The van der Waals surface area contributed by atoms with E-state index < -0.39 is 5.60 Å². The highest BCUT2D eigenvalue weighted by Crippen LogP contribution is 2.38. The van der Waals surface area contributed by atoms with Crippen LogP contribution in [0.4, 0.5) is 0 Å². The second-order valence-corrected chi connectivity index (χ2v) is 7.04. The number of rotatable bonds is 6. The van der Waals surface area contributed by atoms with Crippen molar-refractivity contribution < 1.29 is 5.11 Å². The number of aliphatic hydroxyl groups is 1. The maximum Gasteiger partial charge on any atom is 0.114 e. The van der Waals surface area contributed by atoms with Crippen LogP contribution in [-0.4, -0.2) is 30.6 Å². The molecule has 2 nitrogen and oxygen atoms in total. The normalized spacial score (nSPS) is 16.0. The number of benzene rings is 2. The third kappa shape index (κ3) is 4.14. The number of hydrogen-bond donors (Lipinski definition) is 1. The van der Waals surface area contributed by atoms with Gasteiger partial charge in [-0.15, -0.1) is 0 Å². The molecule has 0 amide bonds. The molecule has 24 heavy (non-hydrogen) atoms. The van der Waals surface area contributed by atoms with Crippen molar-refractivity contribution in [2.24, 2.45) is 5.92 Å². The monoisotopic (exact) mass is 323 g/mol. The first-order valence-electron chi connectivity index (χ1n) is 8.52. The molecule has 2 rings (SSSR count). The van der Waals surface area contributed by atoms with E-state index >= 15 is 0 Å². The second-order valence-electron chi connectivity index (χ2n) is 7.04. The largest absolute Gasteiger partial charge is 0.380 e. The predicted octanol–water partition coefficient (Wildman–Crippen LogP) is 4.48. The maximum absolute atomic E-state index is 11.8. The quantitative estimate of drug-likeness (QED) is 0.847. The Morgan fingerprint density at radius 2 is 1.79 bits per heavy atom. The molecule has 0 aliphatic heterocycles. The summed E-state index contributed by atoms with van der Waals surface area (Å²) in [5.41, 5.74) is 3.20. The van der Waals surface area contributed by atoms with E-state index in [1.165, 1.54) is 0 Å².